The van der Waals surface area contributed by atoms with Gasteiger partial charge in [-0.3, -0.25) is 9.59 Å². The van der Waals surface area contributed by atoms with Crippen molar-refractivity contribution in [2.75, 3.05) is 6.54 Å². The van der Waals surface area contributed by atoms with Crippen molar-refractivity contribution in [3.8, 4) is 0 Å². The molecule has 0 aliphatic carbocycles. The Bertz CT molecular complexity index is 889. The van der Waals surface area contributed by atoms with Gasteiger partial charge < -0.3 is 15.0 Å². The molecule has 33 heavy (non-hydrogen) atoms. The highest BCUT2D eigenvalue weighted by molar-refractivity contribution is 6.99. The number of hydrogen-bond donors (Lipinski definition) is 2. The first-order valence-electron chi connectivity index (χ1n) is 11.7. The number of nitrogens with zero attached hydrogens (tertiary/aromatic N) is 1. The van der Waals surface area contributed by atoms with Crippen LogP contribution in [-0.4, -0.2) is 49.0 Å². The van der Waals surface area contributed by atoms with Crippen molar-refractivity contribution in [2.24, 2.45) is 0 Å². The summed E-state index contributed by atoms with van der Waals surface area (Å²) < 4.78 is 6.92. The van der Waals surface area contributed by atoms with Gasteiger partial charge in [-0.15, -0.1) is 0 Å². The molecule has 1 fully saturated rings. The lowest BCUT2D eigenvalue weighted by Gasteiger charge is -2.45. The number of rotatable bonds is 7. The third kappa shape index (κ3) is 5.72. The minimum absolute atomic E-state index is 0.0284. The van der Waals surface area contributed by atoms with Gasteiger partial charge in [0, 0.05) is 6.54 Å². The van der Waals surface area contributed by atoms with Crippen LogP contribution in [0.1, 0.15) is 53.4 Å². The summed E-state index contributed by atoms with van der Waals surface area (Å²) in [5.74, 6) is -0.546. The van der Waals surface area contributed by atoms with Crippen LogP contribution >= 0.6 is 0 Å². The van der Waals surface area contributed by atoms with Gasteiger partial charge in [0.2, 0.25) is 5.91 Å². The molecule has 1 aliphatic rings. The van der Waals surface area contributed by atoms with E-state index in [1.54, 1.807) is 6.92 Å². The van der Waals surface area contributed by atoms with Gasteiger partial charge in [-0.05, 0) is 41.6 Å². The maximum atomic E-state index is 13.6. The molecule has 1 heterocycles. The minimum atomic E-state index is -2.94. The van der Waals surface area contributed by atoms with Gasteiger partial charge in [0.15, 0.2) is 0 Å². The summed E-state index contributed by atoms with van der Waals surface area (Å²) >= 11 is 0. The summed E-state index contributed by atoms with van der Waals surface area (Å²) in [5, 5.41) is 15.8. The van der Waals surface area contributed by atoms with E-state index in [1.165, 1.54) is 5.06 Å². The zero-order valence-electron chi connectivity index (χ0n) is 20.1. The number of carbonyl (C=O) groups is 2. The molecule has 2 N–H and O–H groups in total. The Balaban J connectivity index is 2.01. The summed E-state index contributed by atoms with van der Waals surface area (Å²) in [4.78, 5) is 25.9. The Hall–Kier alpha value is -2.48. The van der Waals surface area contributed by atoms with Crippen molar-refractivity contribution >= 4 is 30.5 Å². The topological polar surface area (TPSA) is 78.9 Å². The lowest BCUT2D eigenvalue weighted by Crippen LogP contribution is -2.69. The van der Waals surface area contributed by atoms with Crippen LogP contribution in [0.15, 0.2) is 60.7 Å². The molecule has 2 aromatic rings. The highest BCUT2D eigenvalue weighted by Crippen LogP contribution is 2.37. The fourth-order valence-corrected chi connectivity index (χ4v) is 8.93. The van der Waals surface area contributed by atoms with E-state index >= 15 is 0 Å². The predicted octanol–water partition coefficient (Wildman–Crippen LogP) is 2.75. The molecule has 6 nitrogen and oxygen atoms in total. The van der Waals surface area contributed by atoms with Gasteiger partial charge in [-0.1, -0.05) is 81.4 Å². The molecule has 1 saturated heterocycles. The third-order valence-corrected chi connectivity index (χ3v) is 11.0. The fourth-order valence-electron chi connectivity index (χ4n) is 4.54. The van der Waals surface area contributed by atoms with Crippen LogP contribution in [0.5, 0.6) is 0 Å². The Morgan fingerprint density at radius 1 is 1.09 bits per heavy atom. The second-order valence-corrected chi connectivity index (χ2v) is 14.1. The van der Waals surface area contributed by atoms with E-state index in [1.807, 2.05) is 36.4 Å². The summed E-state index contributed by atoms with van der Waals surface area (Å²) in [6.45, 7) is 8.55. The quantitative estimate of drug-likeness (QED) is 0.613. The lowest BCUT2D eigenvalue weighted by molar-refractivity contribution is -0.161. The molecule has 2 amide bonds. The number of aliphatic hydroxyl groups excluding tert-OH is 1. The number of benzene rings is 2. The van der Waals surface area contributed by atoms with E-state index in [2.05, 4.69) is 50.4 Å². The summed E-state index contributed by atoms with van der Waals surface area (Å²) in [7, 11) is -2.94. The summed E-state index contributed by atoms with van der Waals surface area (Å²) in [5.41, 5.74) is 0. The van der Waals surface area contributed by atoms with Crippen LogP contribution in [-0.2, 0) is 14.1 Å². The number of amides is 2. The average Bonchev–Trinajstić information content (AvgIpc) is 2.93. The van der Waals surface area contributed by atoms with Gasteiger partial charge in [0.05, 0.1) is 12.5 Å². The molecule has 0 saturated carbocycles. The smallest absolute Gasteiger partial charge is 0.296 e. The van der Waals surface area contributed by atoms with Crippen molar-refractivity contribution in [1.29, 1.82) is 0 Å². The van der Waals surface area contributed by atoms with Crippen LogP contribution < -0.4 is 15.7 Å². The zero-order valence-corrected chi connectivity index (χ0v) is 21.1. The highest BCUT2D eigenvalue weighted by Gasteiger charge is 2.53. The average molecular weight is 469 g/mol. The van der Waals surface area contributed by atoms with E-state index in [9.17, 15) is 14.7 Å². The normalized spacial score (nSPS) is 18.5. The van der Waals surface area contributed by atoms with E-state index in [-0.39, 0.29) is 23.3 Å². The number of hydroxylamine groups is 2. The van der Waals surface area contributed by atoms with Crippen molar-refractivity contribution in [2.45, 2.75) is 70.6 Å². The molecule has 1 aliphatic heterocycles. The Labute approximate surface area is 198 Å². The summed E-state index contributed by atoms with van der Waals surface area (Å²) in [6, 6.07) is 19.7. The standard InChI is InChI=1S/C26H36N2O4Si/c1-20(29)19-24(30)27-23-17-11-12-18-28(25(23)31)32-33(26(2,3)4,21-13-7-5-8-14-21)22-15-9-6-10-16-22/h5-10,13-16,20,23,29H,11-12,17-19H2,1-4H3,(H,27,30)/t20-,23+/m1/s1. The van der Waals surface area contributed by atoms with E-state index in [4.69, 9.17) is 4.53 Å². The monoisotopic (exact) mass is 468 g/mol. The molecule has 2 aromatic carbocycles. The van der Waals surface area contributed by atoms with Crippen molar-refractivity contribution in [3.05, 3.63) is 60.7 Å². The maximum absolute atomic E-state index is 13.6. The zero-order chi connectivity index (χ0) is 24.1. The van der Waals surface area contributed by atoms with Gasteiger partial charge in [0.1, 0.15) is 6.04 Å². The van der Waals surface area contributed by atoms with Gasteiger partial charge in [-0.2, -0.15) is 0 Å². The highest BCUT2D eigenvalue weighted by atomic mass is 28.4. The SMILES string of the molecule is C[C@@H](O)CC(=O)N[C@H]1CCCCN(O[Si](c2ccccc2)(c2ccccc2)C(C)(C)C)C1=O. The molecule has 2 atom stereocenters. The Morgan fingerprint density at radius 2 is 1.64 bits per heavy atom. The first-order valence-corrected chi connectivity index (χ1v) is 13.6. The van der Waals surface area contributed by atoms with Crippen LogP contribution in [0, 0.1) is 0 Å². The minimum Gasteiger partial charge on any atom is -0.393 e. The lowest BCUT2D eigenvalue weighted by atomic mass is 10.1. The van der Waals surface area contributed by atoms with Crippen LogP contribution in [0.3, 0.4) is 0 Å². The van der Waals surface area contributed by atoms with Crippen molar-refractivity contribution in [3.63, 3.8) is 0 Å². The number of hydrogen-bond acceptors (Lipinski definition) is 4. The largest absolute Gasteiger partial charge is 0.393 e. The molecular weight excluding hydrogens is 432 g/mol. The maximum Gasteiger partial charge on any atom is 0.296 e. The van der Waals surface area contributed by atoms with Gasteiger partial charge >= 0.3 is 0 Å². The van der Waals surface area contributed by atoms with Gasteiger partial charge in [-0.25, -0.2) is 5.06 Å². The Kier molecular flexibility index (Phi) is 8.10. The van der Waals surface area contributed by atoms with E-state index in [0.717, 1.165) is 23.2 Å². The van der Waals surface area contributed by atoms with Crippen molar-refractivity contribution in [1.82, 2.24) is 10.4 Å². The number of aliphatic hydroxyl groups is 1. The molecule has 0 radical (unpaired) electrons. The molecule has 178 valence electrons. The number of carbonyl (C=O) groups excluding carboxylic acids is 2. The van der Waals surface area contributed by atoms with E-state index < -0.39 is 20.5 Å². The third-order valence-electron chi connectivity index (χ3n) is 6.13. The van der Waals surface area contributed by atoms with Crippen LogP contribution in [0.2, 0.25) is 5.04 Å². The van der Waals surface area contributed by atoms with Crippen molar-refractivity contribution < 1.29 is 19.2 Å². The molecular formula is C26H36N2O4Si. The predicted molar refractivity (Wildman–Crippen MR) is 132 cm³/mol. The molecule has 0 spiro atoms. The first kappa shape index (κ1) is 25.1. The molecule has 3 rings (SSSR count). The van der Waals surface area contributed by atoms with E-state index in [0.29, 0.717) is 13.0 Å². The fraction of sp³-hybridized carbons (Fsp3) is 0.462. The molecule has 0 unspecified atom stereocenters. The van der Waals surface area contributed by atoms with Gasteiger partial charge in [0.25, 0.3) is 14.2 Å². The second-order valence-electron chi connectivity index (χ2n) is 9.86. The molecule has 0 aromatic heterocycles. The Morgan fingerprint density at radius 3 is 2.12 bits per heavy atom. The summed E-state index contributed by atoms with van der Waals surface area (Å²) in [6.07, 6.45) is 1.39. The number of nitrogens with one attached hydrogen (secondary N) is 1. The molecule has 7 heteroatoms. The van der Waals surface area contributed by atoms with Crippen LogP contribution in [0.25, 0.3) is 0 Å². The first-order chi connectivity index (χ1) is 15.6. The van der Waals surface area contributed by atoms with Crippen LogP contribution in [0.4, 0.5) is 0 Å². The second kappa shape index (κ2) is 10.6. The molecule has 0 bridgehead atoms.